The molecule has 6 heteroatoms. The molecule has 24 heavy (non-hydrogen) atoms. The van der Waals surface area contributed by atoms with Gasteiger partial charge in [-0.1, -0.05) is 24.3 Å². The van der Waals surface area contributed by atoms with Gasteiger partial charge in [0.2, 0.25) is 0 Å². The number of guanidine groups is 1. The SMILES string of the molecule is CCOCc1ccccc1CNC(=NC)NCc1ccc(C)s1.I. The van der Waals surface area contributed by atoms with Gasteiger partial charge in [-0.3, -0.25) is 4.99 Å². The molecule has 2 aromatic rings. The maximum atomic E-state index is 5.53. The molecule has 0 aliphatic rings. The van der Waals surface area contributed by atoms with Gasteiger partial charge in [0.05, 0.1) is 13.2 Å². The van der Waals surface area contributed by atoms with Gasteiger partial charge in [-0.15, -0.1) is 35.3 Å². The smallest absolute Gasteiger partial charge is 0.191 e. The number of aryl methyl sites for hydroxylation is 1. The Labute approximate surface area is 165 Å². The Balaban J connectivity index is 0.00000288. The van der Waals surface area contributed by atoms with Crippen LogP contribution in [0.2, 0.25) is 0 Å². The van der Waals surface area contributed by atoms with Crippen LogP contribution in [0.15, 0.2) is 41.4 Å². The van der Waals surface area contributed by atoms with Crippen LogP contribution in [0, 0.1) is 6.92 Å². The summed E-state index contributed by atoms with van der Waals surface area (Å²) < 4.78 is 5.53. The normalized spacial score (nSPS) is 11.0. The van der Waals surface area contributed by atoms with E-state index >= 15 is 0 Å². The Morgan fingerprint density at radius 2 is 1.79 bits per heavy atom. The number of aliphatic imine (C=N–C) groups is 1. The van der Waals surface area contributed by atoms with Crippen LogP contribution in [0.4, 0.5) is 0 Å². The first-order chi connectivity index (χ1) is 11.2. The molecular formula is C18H26IN3OS. The lowest BCUT2D eigenvalue weighted by atomic mass is 10.1. The third-order valence-electron chi connectivity index (χ3n) is 3.48. The standard InChI is InChI=1S/C18H25N3OS.HI/c1-4-22-13-16-8-6-5-7-15(16)11-20-18(19-3)21-12-17-10-9-14(2)23-17;/h5-10H,4,11-13H2,1-3H3,(H2,19,20,21);1H. The van der Waals surface area contributed by atoms with E-state index in [0.29, 0.717) is 6.61 Å². The molecule has 4 nitrogen and oxygen atoms in total. The number of nitrogens with one attached hydrogen (secondary N) is 2. The van der Waals surface area contributed by atoms with Crippen molar-refractivity contribution in [2.45, 2.75) is 33.5 Å². The average molecular weight is 459 g/mol. The number of hydrogen-bond acceptors (Lipinski definition) is 3. The molecule has 0 bridgehead atoms. The van der Waals surface area contributed by atoms with E-state index in [9.17, 15) is 0 Å². The Kier molecular flexibility index (Phi) is 9.97. The van der Waals surface area contributed by atoms with E-state index in [4.69, 9.17) is 4.74 Å². The zero-order valence-electron chi connectivity index (χ0n) is 14.5. The number of nitrogens with zero attached hydrogens (tertiary/aromatic N) is 1. The van der Waals surface area contributed by atoms with Crippen molar-refractivity contribution in [3.8, 4) is 0 Å². The maximum Gasteiger partial charge on any atom is 0.191 e. The molecule has 0 fully saturated rings. The highest BCUT2D eigenvalue weighted by atomic mass is 127. The summed E-state index contributed by atoms with van der Waals surface area (Å²) in [6.07, 6.45) is 0. The first kappa shape index (κ1) is 20.9. The zero-order chi connectivity index (χ0) is 16.5. The first-order valence-corrected chi connectivity index (χ1v) is 8.69. The molecule has 0 radical (unpaired) electrons. The largest absolute Gasteiger partial charge is 0.377 e. The van der Waals surface area contributed by atoms with E-state index in [2.05, 4.69) is 52.9 Å². The second-order valence-electron chi connectivity index (χ2n) is 5.20. The lowest BCUT2D eigenvalue weighted by molar-refractivity contribution is 0.133. The molecule has 0 spiro atoms. The predicted octanol–water partition coefficient (Wildman–Crippen LogP) is 4.08. The molecule has 1 aromatic heterocycles. The minimum absolute atomic E-state index is 0. The molecular weight excluding hydrogens is 433 g/mol. The number of halogens is 1. The number of rotatable bonds is 7. The summed E-state index contributed by atoms with van der Waals surface area (Å²) in [6, 6.07) is 12.6. The average Bonchev–Trinajstić information content (AvgIpc) is 2.99. The van der Waals surface area contributed by atoms with E-state index in [1.165, 1.54) is 20.9 Å². The van der Waals surface area contributed by atoms with Crippen LogP contribution in [0.25, 0.3) is 0 Å². The molecule has 0 saturated carbocycles. The van der Waals surface area contributed by atoms with Crippen LogP contribution in [0.3, 0.4) is 0 Å². The van der Waals surface area contributed by atoms with Gasteiger partial charge in [0.15, 0.2) is 5.96 Å². The van der Waals surface area contributed by atoms with Crippen molar-refractivity contribution in [1.82, 2.24) is 10.6 Å². The molecule has 0 aliphatic heterocycles. The Bertz CT molecular complexity index is 643. The molecule has 0 saturated heterocycles. The summed E-state index contributed by atoms with van der Waals surface area (Å²) in [5.41, 5.74) is 2.45. The minimum atomic E-state index is 0. The molecule has 1 aromatic carbocycles. The number of ether oxygens (including phenoxy) is 1. The summed E-state index contributed by atoms with van der Waals surface area (Å²) in [6.45, 7) is 7.03. The van der Waals surface area contributed by atoms with Crippen molar-refractivity contribution in [3.05, 3.63) is 57.3 Å². The van der Waals surface area contributed by atoms with E-state index in [-0.39, 0.29) is 24.0 Å². The number of benzene rings is 1. The number of thiophene rings is 1. The van der Waals surface area contributed by atoms with Crippen LogP contribution in [0.5, 0.6) is 0 Å². The predicted molar refractivity (Wildman–Crippen MR) is 113 cm³/mol. The van der Waals surface area contributed by atoms with Crippen LogP contribution in [-0.2, 0) is 24.4 Å². The summed E-state index contributed by atoms with van der Waals surface area (Å²) in [5.74, 6) is 0.808. The second-order valence-corrected chi connectivity index (χ2v) is 6.57. The van der Waals surface area contributed by atoms with Crippen LogP contribution in [0.1, 0.15) is 27.8 Å². The van der Waals surface area contributed by atoms with E-state index in [1.54, 1.807) is 18.4 Å². The van der Waals surface area contributed by atoms with Gasteiger partial charge in [-0.2, -0.15) is 0 Å². The van der Waals surface area contributed by atoms with Crippen LogP contribution in [-0.4, -0.2) is 19.6 Å². The molecule has 0 atom stereocenters. The van der Waals surface area contributed by atoms with E-state index in [0.717, 1.165) is 25.7 Å². The molecule has 132 valence electrons. The Morgan fingerprint density at radius 3 is 2.42 bits per heavy atom. The van der Waals surface area contributed by atoms with Gasteiger partial charge in [0.25, 0.3) is 0 Å². The molecule has 2 rings (SSSR count). The van der Waals surface area contributed by atoms with Crippen molar-refractivity contribution < 1.29 is 4.74 Å². The fraction of sp³-hybridized carbons (Fsp3) is 0.389. The number of hydrogen-bond donors (Lipinski definition) is 2. The minimum Gasteiger partial charge on any atom is -0.377 e. The molecule has 0 aliphatic carbocycles. The van der Waals surface area contributed by atoms with Gasteiger partial charge >= 0.3 is 0 Å². The van der Waals surface area contributed by atoms with Gasteiger partial charge in [-0.05, 0) is 37.1 Å². The molecule has 1 heterocycles. The third-order valence-corrected chi connectivity index (χ3v) is 4.48. The monoisotopic (exact) mass is 459 g/mol. The van der Waals surface area contributed by atoms with Crippen molar-refractivity contribution in [2.75, 3.05) is 13.7 Å². The Morgan fingerprint density at radius 1 is 1.08 bits per heavy atom. The van der Waals surface area contributed by atoms with Crippen molar-refractivity contribution in [3.63, 3.8) is 0 Å². The van der Waals surface area contributed by atoms with Crippen LogP contribution < -0.4 is 10.6 Å². The maximum absolute atomic E-state index is 5.53. The Hall–Kier alpha value is -1.12. The van der Waals surface area contributed by atoms with Gasteiger partial charge in [-0.25, -0.2) is 0 Å². The topological polar surface area (TPSA) is 45.6 Å². The van der Waals surface area contributed by atoms with Crippen molar-refractivity contribution >= 4 is 41.3 Å². The van der Waals surface area contributed by atoms with Crippen LogP contribution >= 0.6 is 35.3 Å². The van der Waals surface area contributed by atoms with Crippen molar-refractivity contribution in [1.29, 1.82) is 0 Å². The van der Waals surface area contributed by atoms with Crippen molar-refractivity contribution in [2.24, 2.45) is 4.99 Å². The first-order valence-electron chi connectivity index (χ1n) is 7.87. The van der Waals surface area contributed by atoms with Gasteiger partial charge < -0.3 is 15.4 Å². The van der Waals surface area contributed by atoms with Gasteiger partial charge in [0, 0.05) is 30.0 Å². The fourth-order valence-electron chi connectivity index (χ4n) is 2.23. The highest BCUT2D eigenvalue weighted by Gasteiger charge is 2.04. The van der Waals surface area contributed by atoms with E-state index < -0.39 is 0 Å². The summed E-state index contributed by atoms with van der Waals surface area (Å²) in [5, 5.41) is 6.72. The lowest BCUT2D eigenvalue weighted by Crippen LogP contribution is -2.36. The summed E-state index contributed by atoms with van der Waals surface area (Å²) >= 11 is 1.80. The summed E-state index contributed by atoms with van der Waals surface area (Å²) in [7, 11) is 1.79. The molecule has 0 amide bonds. The quantitative estimate of drug-likeness (QED) is 0.373. The fourth-order valence-corrected chi connectivity index (χ4v) is 3.06. The van der Waals surface area contributed by atoms with E-state index in [1.807, 2.05) is 13.0 Å². The zero-order valence-corrected chi connectivity index (χ0v) is 17.6. The molecule has 2 N–H and O–H groups in total. The van der Waals surface area contributed by atoms with Gasteiger partial charge in [0.1, 0.15) is 0 Å². The summed E-state index contributed by atoms with van der Waals surface area (Å²) in [4.78, 5) is 6.92. The lowest BCUT2D eigenvalue weighted by Gasteiger charge is -2.14. The highest BCUT2D eigenvalue weighted by molar-refractivity contribution is 14.0. The second kappa shape index (κ2) is 11.4. The highest BCUT2D eigenvalue weighted by Crippen LogP contribution is 2.14. The molecule has 0 unspecified atom stereocenters. The third kappa shape index (κ3) is 6.78.